The number of carbonyl (C=O) groups excluding carboxylic acids is 1. The SMILES string of the molecule is Cc1ccc(C(=O)CN(C)C(C)C)c(C)c1. The van der Waals surface area contributed by atoms with Gasteiger partial charge in [0.15, 0.2) is 5.78 Å². The summed E-state index contributed by atoms with van der Waals surface area (Å²) in [5, 5.41) is 0. The van der Waals surface area contributed by atoms with Crippen LogP contribution in [0.2, 0.25) is 0 Å². The molecule has 2 heteroatoms. The Morgan fingerprint density at radius 2 is 1.94 bits per heavy atom. The van der Waals surface area contributed by atoms with E-state index in [-0.39, 0.29) is 5.78 Å². The molecule has 0 atom stereocenters. The molecule has 1 aromatic rings. The zero-order valence-electron chi connectivity index (χ0n) is 10.9. The van der Waals surface area contributed by atoms with Crippen LogP contribution in [0.3, 0.4) is 0 Å². The maximum Gasteiger partial charge on any atom is 0.177 e. The molecule has 0 radical (unpaired) electrons. The lowest BCUT2D eigenvalue weighted by Gasteiger charge is -2.20. The predicted molar refractivity (Wildman–Crippen MR) is 68.0 cm³/mol. The highest BCUT2D eigenvalue weighted by molar-refractivity contribution is 5.98. The van der Waals surface area contributed by atoms with Gasteiger partial charge in [-0.1, -0.05) is 23.8 Å². The lowest BCUT2D eigenvalue weighted by Crippen LogP contribution is -2.32. The lowest BCUT2D eigenvalue weighted by atomic mass is 10.0. The van der Waals surface area contributed by atoms with Crippen LogP contribution in [0.4, 0.5) is 0 Å². The van der Waals surface area contributed by atoms with Gasteiger partial charge in [-0.3, -0.25) is 9.69 Å². The van der Waals surface area contributed by atoms with Crippen molar-refractivity contribution in [2.75, 3.05) is 13.6 Å². The van der Waals surface area contributed by atoms with Gasteiger partial charge in [-0.05, 0) is 40.3 Å². The van der Waals surface area contributed by atoms with E-state index in [1.807, 2.05) is 33.0 Å². The lowest BCUT2D eigenvalue weighted by molar-refractivity contribution is 0.0929. The molecule has 1 rings (SSSR count). The summed E-state index contributed by atoms with van der Waals surface area (Å²) in [5.41, 5.74) is 3.12. The zero-order valence-corrected chi connectivity index (χ0v) is 10.9. The summed E-state index contributed by atoms with van der Waals surface area (Å²) in [4.78, 5) is 14.1. The number of benzene rings is 1. The van der Waals surface area contributed by atoms with E-state index in [1.54, 1.807) is 0 Å². The molecule has 16 heavy (non-hydrogen) atoms. The normalized spacial score (nSPS) is 11.2. The van der Waals surface area contributed by atoms with E-state index in [4.69, 9.17) is 0 Å². The first kappa shape index (κ1) is 12.9. The zero-order chi connectivity index (χ0) is 12.3. The number of hydrogen-bond donors (Lipinski definition) is 0. The van der Waals surface area contributed by atoms with E-state index in [0.717, 1.165) is 11.1 Å². The molecular formula is C14H21NO. The first-order valence-electron chi connectivity index (χ1n) is 5.72. The van der Waals surface area contributed by atoms with Gasteiger partial charge in [0.25, 0.3) is 0 Å². The van der Waals surface area contributed by atoms with Gasteiger partial charge >= 0.3 is 0 Å². The second-order valence-electron chi connectivity index (χ2n) is 4.75. The summed E-state index contributed by atoms with van der Waals surface area (Å²) in [6.45, 7) is 8.71. The second-order valence-corrected chi connectivity index (χ2v) is 4.75. The monoisotopic (exact) mass is 219 g/mol. The Bertz CT molecular complexity index is 382. The number of nitrogens with zero attached hydrogens (tertiary/aromatic N) is 1. The van der Waals surface area contributed by atoms with Crippen molar-refractivity contribution in [2.45, 2.75) is 33.7 Å². The smallest absolute Gasteiger partial charge is 0.177 e. The number of likely N-dealkylation sites (N-methyl/N-ethyl adjacent to an activating group) is 1. The molecule has 0 saturated carbocycles. The second kappa shape index (κ2) is 5.26. The Hall–Kier alpha value is -1.15. The van der Waals surface area contributed by atoms with E-state index < -0.39 is 0 Å². The Labute approximate surface area is 98.3 Å². The van der Waals surface area contributed by atoms with E-state index in [1.165, 1.54) is 5.56 Å². The third-order valence-electron chi connectivity index (χ3n) is 2.96. The number of aryl methyl sites for hydroxylation is 2. The Balaban J connectivity index is 2.81. The highest BCUT2D eigenvalue weighted by Crippen LogP contribution is 2.12. The Kier molecular flexibility index (Phi) is 4.25. The molecule has 0 saturated heterocycles. The van der Waals surface area contributed by atoms with E-state index in [2.05, 4.69) is 24.8 Å². The molecule has 0 bridgehead atoms. The number of rotatable bonds is 4. The maximum absolute atomic E-state index is 12.1. The van der Waals surface area contributed by atoms with Crippen LogP contribution in [0.1, 0.15) is 35.3 Å². The van der Waals surface area contributed by atoms with Crippen molar-refractivity contribution in [3.05, 3.63) is 34.9 Å². The van der Waals surface area contributed by atoms with Crippen molar-refractivity contribution < 1.29 is 4.79 Å². The fourth-order valence-electron chi connectivity index (χ4n) is 1.62. The summed E-state index contributed by atoms with van der Waals surface area (Å²) < 4.78 is 0. The van der Waals surface area contributed by atoms with E-state index in [0.29, 0.717) is 12.6 Å². The van der Waals surface area contributed by atoms with Crippen LogP contribution >= 0.6 is 0 Å². The van der Waals surface area contributed by atoms with Crippen molar-refractivity contribution in [1.82, 2.24) is 4.90 Å². The average molecular weight is 219 g/mol. The highest BCUT2D eigenvalue weighted by atomic mass is 16.1. The minimum absolute atomic E-state index is 0.203. The number of Topliss-reactive ketones (excluding diaryl/α,β-unsaturated/α-hetero) is 1. The standard InChI is InChI=1S/C14H21NO/c1-10(2)15(5)9-14(16)13-7-6-11(3)8-12(13)4/h6-8,10H,9H2,1-5H3. The average Bonchev–Trinajstić information content (AvgIpc) is 2.16. The van der Waals surface area contributed by atoms with E-state index >= 15 is 0 Å². The van der Waals surface area contributed by atoms with Crippen molar-refractivity contribution >= 4 is 5.78 Å². The van der Waals surface area contributed by atoms with Gasteiger partial charge in [-0.25, -0.2) is 0 Å². The number of carbonyl (C=O) groups is 1. The van der Waals surface area contributed by atoms with Gasteiger partial charge in [0.1, 0.15) is 0 Å². The fourth-order valence-corrected chi connectivity index (χ4v) is 1.62. The Morgan fingerprint density at radius 3 is 2.44 bits per heavy atom. The van der Waals surface area contributed by atoms with Crippen LogP contribution in [-0.2, 0) is 0 Å². The first-order valence-corrected chi connectivity index (χ1v) is 5.72. The van der Waals surface area contributed by atoms with Gasteiger partial charge in [-0.2, -0.15) is 0 Å². The maximum atomic E-state index is 12.1. The molecule has 0 N–H and O–H groups in total. The third kappa shape index (κ3) is 3.17. The van der Waals surface area contributed by atoms with Gasteiger partial charge in [0.05, 0.1) is 6.54 Å². The van der Waals surface area contributed by atoms with Crippen molar-refractivity contribution in [1.29, 1.82) is 0 Å². The highest BCUT2D eigenvalue weighted by Gasteiger charge is 2.13. The molecule has 88 valence electrons. The van der Waals surface area contributed by atoms with Gasteiger partial charge in [-0.15, -0.1) is 0 Å². The minimum atomic E-state index is 0.203. The first-order chi connectivity index (χ1) is 7.41. The van der Waals surface area contributed by atoms with Crippen LogP contribution in [0.5, 0.6) is 0 Å². The molecular weight excluding hydrogens is 198 g/mol. The van der Waals surface area contributed by atoms with Crippen molar-refractivity contribution in [2.24, 2.45) is 0 Å². The molecule has 0 unspecified atom stereocenters. The molecule has 0 aliphatic carbocycles. The summed E-state index contributed by atoms with van der Waals surface area (Å²) in [6.07, 6.45) is 0. The van der Waals surface area contributed by atoms with Gasteiger partial charge < -0.3 is 0 Å². The van der Waals surface area contributed by atoms with Crippen LogP contribution in [0.15, 0.2) is 18.2 Å². The van der Waals surface area contributed by atoms with Crippen molar-refractivity contribution in [3.63, 3.8) is 0 Å². The molecule has 2 nitrogen and oxygen atoms in total. The number of ketones is 1. The predicted octanol–water partition coefficient (Wildman–Crippen LogP) is 2.83. The summed E-state index contributed by atoms with van der Waals surface area (Å²) >= 11 is 0. The summed E-state index contributed by atoms with van der Waals surface area (Å²) in [6, 6.07) is 6.38. The molecule has 0 aromatic heterocycles. The molecule has 0 amide bonds. The third-order valence-corrected chi connectivity index (χ3v) is 2.96. The quantitative estimate of drug-likeness (QED) is 0.726. The van der Waals surface area contributed by atoms with Crippen molar-refractivity contribution in [3.8, 4) is 0 Å². The van der Waals surface area contributed by atoms with Gasteiger partial charge in [0.2, 0.25) is 0 Å². The Morgan fingerprint density at radius 1 is 1.31 bits per heavy atom. The molecule has 0 fully saturated rings. The van der Waals surface area contributed by atoms with Crippen LogP contribution in [-0.4, -0.2) is 30.3 Å². The van der Waals surface area contributed by atoms with Crippen LogP contribution in [0, 0.1) is 13.8 Å². The molecule has 1 aromatic carbocycles. The van der Waals surface area contributed by atoms with Crippen LogP contribution < -0.4 is 0 Å². The molecule has 0 heterocycles. The topological polar surface area (TPSA) is 20.3 Å². The van der Waals surface area contributed by atoms with Crippen LogP contribution in [0.25, 0.3) is 0 Å². The summed E-state index contributed by atoms with van der Waals surface area (Å²) in [5.74, 6) is 0.203. The number of hydrogen-bond acceptors (Lipinski definition) is 2. The van der Waals surface area contributed by atoms with E-state index in [9.17, 15) is 4.79 Å². The largest absolute Gasteiger partial charge is 0.296 e. The summed E-state index contributed by atoms with van der Waals surface area (Å²) in [7, 11) is 1.98. The fraction of sp³-hybridized carbons (Fsp3) is 0.500. The molecule has 0 aliphatic heterocycles. The molecule has 0 aliphatic rings. The minimum Gasteiger partial charge on any atom is -0.296 e. The molecule has 0 spiro atoms. The van der Waals surface area contributed by atoms with Gasteiger partial charge in [0, 0.05) is 11.6 Å².